The number of benzene rings is 1. The molecular weight excluding hydrogens is 292 g/mol. The van der Waals surface area contributed by atoms with Crippen molar-refractivity contribution in [3.63, 3.8) is 0 Å². The first-order chi connectivity index (χ1) is 11.3. The van der Waals surface area contributed by atoms with Crippen LogP contribution in [0.3, 0.4) is 0 Å². The maximum absolute atomic E-state index is 8.48. The average Bonchev–Trinajstić information content (AvgIpc) is 3.03. The van der Waals surface area contributed by atoms with Crippen molar-refractivity contribution >= 4 is 16.8 Å². The lowest BCUT2D eigenvalue weighted by Gasteiger charge is -2.46. The quantitative estimate of drug-likeness (QED) is 0.495. The first kappa shape index (κ1) is 14.4. The van der Waals surface area contributed by atoms with E-state index in [1.54, 1.807) is 0 Å². The molecule has 0 N–H and O–H groups in total. The molecule has 7 nitrogen and oxygen atoms in total. The first-order valence-corrected chi connectivity index (χ1v) is 8.19. The van der Waals surface area contributed by atoms with Crippen molar-refractivity contribution in [3.8, 4) is 0 Å². The summed E-state index contributed by atoms with van der Waals surface area (Å²) in [6, 6.07) is 8.59. The summed E-state index contributed by atoms with van der Waals surface area (Å²) in [5.41, 5.74) is 9.33. The van der Waals surface area contributed by atoms with Crippen molar-refractivity contribution in [2.45, 2.75) is 18.9 Å². The largest absolute Gasteiger partial charge is 0.354 e. The normalized spacial score (nSPS) is 25.1. The molecule has 0 unspecified atom stereocenters. The molecule has 3 heterocycles. The van der Waals surface area contributed by atoms with Crippen LogP contribution >= 0.6 is 0 Å². The van der Waals surface area contributed by atoms with Crippen molar-refractivity contribution in [1.29, 1.82) is 0 Å². The van der Waals surface area contributed by atoms with Crippen LogP contribution in [0, 0.1) is 5.92 Å². The van der Waals surface area contributed by atoms with Crippen LogP contribution < -0.4 is 4.90 Å². The molecule has 0 bridgehead atoms. The fraction of sp³-hybridized carbons (Fsp3) is 0.562. The van der Waals surface area contributed by atoms with Crippen LogP contribution in [0.1, 0.15) is 12.8 Å². The Balaban J connectivity index is 1.47. The Morgan fingerprint density at radius 2 is 2.17 bits per heavy atom. The number of para-hydroxylation sites is 1. The molecule has 2 aliphatic heterocycles. The number of fused-ring (bicyclic) bond motifs is 2. The summed E-state index contributed by atoms with van der Waals surface area (Å²) >= 11 is 0. The number of nitrogens with zero attached hydrogens (tertiary/aromatic N) is 6. The maximum Gasteiger partial charge on any atom is 0.180 e. The van der Waals surface area contributed by atoms with Gasteiger partial charge in [-0.05, 0) is 36.4 Å². The molecule has 2 fully saturated rings. The van der Waals surface area contributed by atoms with Gasteiger partial charge in [0.25, 0.3) is 0 Å². The number of hydrogen-bond donors (Lipinski definition) is 0. The van der Waals surface area contributed by atoms with E-state index in [1.807, 2.05) is 18.2 Å². The van der Waals surface area contributed by atoms with Crippen LogP contribution in [0.25, 0.3) is 21.4 Å². The molecule has 2 saturated heterocycles. The third kappa shape index (κ3) is 2.73. The molecule has 1 aromatic carbocycles. The molecule has 0 radical (unpaired) electrons. The highest BCUT2D eigenvalue weighted by Crippen LogP contribution is 2.31. The summed E-state index contributed by atoms with van der Waals surface area (Å²) < 4.78 is 5.45. The molecule has 23 heavy (non-hydrogen) atoms. The topological polar surface area (TPSA) is 81.3 Å². The van der Waals surface area contributed by atoms with Crippen molar-refractivity contribution in [2.75, 3.05) is 37.6 Å². The lowest BCUT2D eigenvalue weighted by atomic mass is 9.91. The van der Waals surface area contributed by atoms with Crippen molar-refractivity contribution in [2.24, 2.45) is 11.0 Å². The van der Waals surface area contributed by atoms with Crippen LogP contribution in [0.15, 0.2) is 33.9 Å². The number of rotatable bonds is 3. The molecule has 0 spiro atoms. The second-order valence-electron chi connectivity index (χ2n) is 6.45. The molecule has 2 aromatic rings. The number of hydrogen-bond acceptors (Lipinski definition) is 5. The Morgan fingerprint density at radius 1 is 1.26 bits per heavy atom. The van der Waals surface area contributed by atoms with Gasteiger partial charge in [-0.15, -0.1) is 0 Å². The molecule has 1 aromatic heterocycles. The Morgan fingerprint density at radius 3 is 3.09 bits per heavy atom. The summed E-state index contributed by atoms with van der Waals surface area (Å²) in [5, 5.41) is 9.13. The van der Waals surface area contributed by atoms with Gasteiger partial charge in [-0.25, -0.2) is 0 Å². The van der Waals surface area contributed by atoms with Gasteiger partial charge < -0.3 is 9.42 Å². The zero-order valence-corrected chi connectivity index (χ0v) is 13.0. The van der Waals surface area contributed by atoms with E-state index in [0.717, 1.165) is 55.8 Å². The van der Waals surface area contributed by atoms with Crippen LogP contribution in [0.2, 0.25) is 0 Å². The van der Waals surface area contributed by atoms with Crippen LogP contribution in [-0.2, 0) is 0 Å². The molecular formula is C16H20N6O. The fourth-order valence-electron chi connectivity index (χ4n) is 3.85. The van der Waals surface area contributed by atoms with E-state index >= 15 is 0 Å². The minimum atomic E-state index is 0.501. The standard InChI is InChI=1S/C16H20N6O/c17-20-18-9-12-5-6-13-11-22(8-7-21(13)10-12)16-14-3-1-2-4-15(14)23-19-16/h1-4,12-13H,5-11H2/t12-,13-/m0/s1. The second-order valence-corrected chi connectivity index (χ2v) is 6.45. The summed E-state index contributed by atoms with van der Waals surface area (Å²) in [4.78, 5) is 7.78. The maximum atomic E-state index is 8.48. The van der Waals surface area contributed by atoms with E-state index in [1.165, 1.54) is 0 Å². The Hall–Kier alpha value is -2.24. The van der Waals surface area contributed by atoms with E-state index < -0.39 is 0 Å². The van der Waals surface area contributed by atoms with Gasteiger partial charge in [-0.2, -0.15) is 0 Å². The minimum Gasteiger partial charge on any atom is -0.354 e. The van der Waals surface area contributed by atoms with E-state index in [4.69, 9.17) is 10.1 Å². The number of azide groups is 1. The average molecular weight is 312 g/mol. The molecule has 2 atom stereocenters. The SMILES string of the molecule is [N-]=[N+]=NC[C@@H]1CC[C@H]2CN(c3noc4ccccc34)CCN2C1. The smallest absolute Gasteiger partial charge is 0.180 e. The molecule has 4 rings (SSSR count). The molecule has 7 heteroatoms. The highest BCUT2D eigenvalue weighted by Gasteiger charge is 2.33. The first-order valence-electron chi connectivity index (χ1n) is 8.19. The van der Waals surface area contributed by atoms with Gasteiger partial charge in [0.05, 0.1) is 5.39 Å². The summed E-state index contributed by atoms with van der Waals surface area (Å²) in [5.74, 6) is 1.47. The van der Waals surface area contributed by atoms with Gasteiger partial charge in [-0.3, -0.25) is 4.90 Å². The van der Waals surface area contributed by atoms with Gasteiger partial charge in [-0.1, -0.05) is 22.4 Å². The number of piperidine rings is 1. The number of anilines is 1. The van der Waals surface area contributed by atoms with Crippen molar-refractivity contribution in [1.82, 2.24) is 10.1 Å². The summed E-state index contributed by atoms with van der Waals surface area (Å²) in [6.45, 7) is 4.64. The predicted molar refractivity (Wildman–Crippen MR) is 88.3 cm³/mol. The zero-order chi connectivity index (χ0) is 15.6. The van der Waals surface area contributed by atoms with Crippen LogP contribution in [-0.4, -0.2) is 48.8 Å². The second kappa shape index (κ2) is 6.10. The van der Waals surface area contributed by atoms with E-state index in [2.05, 4.69) is 31.0 Å². The van der Waals surface area contributed by atoms with Gasteiger partial charge >= 0.3 is 0 Å². The van der Waals surface area contributed by atoms with Gasteiger partial charge in [0, 0.05) is 43.7 Å². The third-order valence-corrected chi connectivity index (χ3v) is 5.07. The van der Waals surface area contributed by atoms with E-state index in [-0.39, 0.29) is 0 Å². The number of aromatic nitrogens is 1. The van der Waals surface area contributed by atoms with Gasteiger partial charge in [0.2, 0.25) is 0 Å². The summed E-state index contributed by atoms with van der Waals surface area (Å²) in [6.07, 6.45) is 2.28. The molecule has 0 aliphatic carbocycles. The molecule has 120 valence electrons. The predicted octanol–water partition coefficient (Wildman–Crippen LogP) is 3.04. The fourth-order valence-corrected chi connectivity index (χ4v) is 3.85. The lowest BCUT2D eigenvalue weighted by Crippen LogP contribution is -2.56. The number of piperazine rings is 1. The highest BCUT2D eigenvalue weighted by atomic mass is 16.5. The van der Waals surface area contributed by atoms with E-state index in [9.17, 15) is 0 Å². The highest BCUT2D eigenvalue weighted by molar-refractivity contribution is 5.88. The zero-order valence-electron chi connectivity index (χ0n) is 13.0. The molecule has 0 saturated carbocycles. The van der Waals surface area contributed by atoms with Crippen LogP contribution in [0.5, 0.6) is 0 Å². The molecule has 2 aliphatic rings. The van der Waals surface area contributed by atoms with Gasteiger partial charge in [0.15, 0.2) is 11.4 Å². The third-order valence-electron chi connectivity index (χ3n) is 5.07. The lowest BCUT2D eigenvalue weighted by molar-refractivity contribution is 0.0981. The molecule has 0 amide bonds. The van der Waals surface area contributed by atoms with Gasteiger partial charge in [0.1, 0.15) is 0 Å². The van der Waals surface area contributed by atoms with Crippen molar-refractivity contribution in [3.05, 3.63) is 34.7 Å². The summed E-state index contributed by atoms with van der Waals surface area (Å²) in [7, 11) is 0. The Bertz CT molecular complexity index is 737. The van der Waals surface area contributed by atoms with E-state index in [0.29, 0.717) is 18.5 Å². The monoisotopic (exact) mass is 312 g/mol. The Kier molecular flexibility index (Phi) is 3.81. The Labute approximate surface area is 134 Å². The van der Waals surface area contributed by atoms with Crippen LogP contribution in [0.4, 0.5) is 5.82 Å². The van der Waals surface area contributed by atoms with Crippen molar-refractivity contribution < 1.29 is 4.52 Å². The minimum absolute atomic E-state index is 0.501.